The molecular weight excluding hydrogens is 483 g/mol. The van der Waals surface area contributed by atoms with E-state index in [0.29, 0.717) is 11.3 Å². The Bertz CT molecular complexity index is 1390. The maximum Gasteiger partial charge on any atom is 0.294 e. The molecule has 2 aromatic carbocycles. The van der Waals surface area contributed by atoms with Crippen molar-refractivity contribution < 1.29 is 23.6 Å². The molecule has 5 rings (SSSR count). The van der Waals surface area contributed by atoms with Crippen LogP contribution < -0.4 is 5.32 Å². The van der Waals surface area contributed by atoms with Crippen molar-refractivity contribution in [2.75, 3.05) is 25.0 Å². The molecule has 2 saturated heterocycles. The van der Waals surface area contributed by atoms with Crippen molar-refractivity contribution in [1.82, 2.24) is 14.4 Å². The first-order chi connectivity index (χ1) is 17.4. The van der Waals surface area contributed by atoms with E-state index in [1.807, 2.05) is 39.9 Å². The molecule has 2 aliphatic heterocycles. The number of para-hydroxylation sites is 1. The maximum atomic E-state index is 13.1. The summed E-state index contributed by atoms with van der Waals surface area (Å²) in [6.45, 7) is 1.28. The van der Waals surface area contributed by atoms with Gasteiger partial charge in [-0.05, 0) is 61.0 Å². The van der Waals surface area contributed by atoms with Crippen molar-refractivity contribution >= 4 is 57.4 Å². The summed E-state index contributed by atoms with van der Waals surface area (Å²) in [5.74, 6) is -1.52. The van der Waals surface area contributed by atoms with E-state index in [1.54, 1.807) is 6.08 Å². The molecule has 0 spiro atoms. The molecule has 4 amide bonds. The largest absolute Gasteiger partial charge is 0.341 e. The van der Waals surface area contributed by atoms with Crippen molar-refractivity contribution in [2.45, 2.75) is 19.4 Å². The standard InChI is InChI=1S/C26H23FN4O4S/c27-18-7-9-19(10-8-18)28-23(32)15-31-25(34)22(36-26(31)35)13-17-14-30(21-6-2-1-5-20(17)21)16-24(33)29-11-3-4-12-29/h1-2,5-10,13-14H,3-4,11-12,15-16H2,(H,28,32)/b22-13-. The van der Waals surface area contributed by atoms with E-state index in [9.17, 15) is 23.6 Å². The van der Waals surface area contributed by atoms with Crippen LogP contribution in [0, 0.1) is 5.82 Å². The highest BCUT2D eigenvalue weighted by Crippen LogP contribution is 2.34. The number of hydrogen-bond donors (Lipinski definition) is 1. The predicted octanol–water partition coefficient (Wildman–Crippen LogP) is 4.08. The molecule has 0 radical (unpaired) electrons. The second-order valence-electron chi connectivity index (χ2n) is 8.64. The predicted molar refractivity (Wildman–Crippen MR) is 135 cm³/mol. The van der Waals surface area contributed by atoms with Crippen molar-refractivity contribution in [1.29, 1.82) is 0 Å². The van der Waals surface area contributed by atoms with Crippen LogP contribution in [-0.2, 0) is 20.9 Å². The molecule has 8 nitrogen and oxygen atoms in total. The lowest BCUT2D eigenvalue weighted by Gasteiger charge is -2.15. The van der Waals surface area contributed by atoms with Crippen LogP contribution in [0.15, 0.2) is 59.6 Å². The molecule has 2 fully saturated rings. The number of amides is 4. The minimum Gasteiger partial charge on any atom is -0.341 e. The molecule has 1 aromatic heterocycles. The van der Waals surface area contributed by atoms with E-state index in [2.05, 4.69) is 5.32 Å². The summed E-state index contributed by atoms with van der Waals surface area (Å²) >= 11 is 0.764. The summed E-state index contributed by atoms with van der Waals surface area (Å²) in [5, 5.41) is 2.86. The van der Waals surface area contributed by atoms with Crippen LogP contribution >= 0.6 is 11.8 Å². The van der Waals surface area contributed by atoms with E-state index in [0.717, 1.165) is 53.5 Å². The first-order valence-electron chi connectivity index (χ1n) is 11.6. The normalized spacial score (nSPS) is 17.0. The Balaban J connectivity index is 1.34. The number of nitrogens with one attached hydrogen (secondary N) is 1. The fourth-order valence-electron chi connectivity index (χ4n) is 4.39. The molecular formula is C26H23FN4O4S. The van der Waals surface area contributed by atoms with Crippen molar-refractivity contribution in [2.24, 2.45) is 0 Å². The van der Waals surface area contributed by atoms with Crippen LogP contribution in [0.3, 0.4) is 0 Å². The Morgan fingerprint density at radius 2 is 1.72 bits per heavy atom. The van der Waals surface area contributed by atoms with Crippen LogP contribution in [0.4, 0.5) is 14.9 Å². The minimum absolute atomic E-state index is 0.0484. The molecule has 10 heteroatoms. The van der Waals surface area contributed by atoms with Gasteiger partial charge in [-0.3, -0.25) is 24.1 Å². The SMILES string of the molecule is O=C(CN1C(=O)S/C(=C\c2cn(CC(=O)N3CCCC3)c3ccccc23)C1=O)Nc1ccc(F)cc1. The molecule has 2 aliphatic rings. The molecule has 0 aliphatic carbocycles. The fourth-order valence-corrected chi connectivity index (χ4v) is 5.22. The van der Waals surface area contributed by atoms with Crippen LogP contribution in [-0.4, -0.2) is 57.0 Å². The number of hydrogen-bond acceptors (Lipinski definition) is 5. The Morgan fingerprint density at radius 3 is 2.47 bits per heavy atom. The monoisotopic (exact) mass is 506 g/mol. The smallest absolute Gasteiger partial charge is 0.294 e. The van der Waals surface area contributed by atoms with Gasteiger partial charge in [0.1, 0.15) is 18.9 Å². The van der Waals surface area contributed by atoms with Crippen LogP contribution in [0.5, 0.6) is 0 Å². The van der Waals surface area contributed by atoms with Gasteiger partial charge in [0.05, 0.1) is 4.91 Å². The van der Waals surface area contributed by atoms with E-state index >= 15 is 0 Å². The zero-order valence-electron chi connectivity index (χ0n) is 19.3. The Kier molecular flexibility index (Phi) is 6.60. The highest BCUT2D eigenvalue weighted by molar-refractivity contribution is 8.18. The van der Waals surface area contributed by atoms with Gasteiger partial charge in [-0.2, -0.15) is 0 Å². The van der Waals surface area contributed by atoms with Gasteiger partial charge in [-0.15, -0.1) is 0 Å². The molecule has 184 valence electrons. The zero-order chi connectivity index (χ0) is 25.2. The van der Waals surface area contributed by atoms with Crippen LogP contribution in [0.1, 0.15) is 18.4 Å². The van der Waals surface area contributed by atoms with E-state index < -0.39 is 29.4 Å². The topological polar surface area (TPSA) is 91.7 Å². The Hall–Kier alpha value is -3.92. The third kappa shape index (κ3) is 4.90. The van der Waals surface area contributed by atoms with Gasteiger partial charge in [0.15, 0.2) is 0 Å². The number of nitrogens with zero attached hydrogens (tertiary/aromatic N) is 3. The minimum atomic E-state index is -0.567. The molecule has 1 N–H and O–H groups in total. The summed E-state index contributed by atoms with van der Waals surface area (Å²) in [5.41, 5.74) is 1.93. The lowest BCUT2D eigenvalue weighted by Crippen LogP contribution is -2.36. The number of anilines is 1. The number of likely N-dealkylation sites (tertiary alicyclic amines) is 1. The van der Waals surface area contributed by atoms with Gasteiger partial charge in [-0.25, -0.2) is 4.39 Å². The summed E-state index contributed by atoms with van der Waals surface area (Å²) in [7, 11) is 0. The molecule has 0 saturated carbocycles. The fraction of sp³-hybridized carbons (Fsp3) is 0.231. The summed E-state index contributed by atoms with van der Waals surface area (Å²) in [6.07, 6.45) is 5.47. The number of carbonyl (C=O) groups is 4. The van der Waals surface area contributed by atoms with Gasteiger partial charge >= 0.3 is 0 Å². The van der Waals surface area contributed by atoms with Crippen molar-refractivity contribution in [3.8, 4) is 0 Å². The Labute approximate surface area is 210 Å². The second-order valence-corrected chi connectivity index (χ2v) is 9.63. The van der Waals surface area contributed by atoms with Gasteiger partial charge in [0.2, 0.25) is 11.8 Å². The number of fused-ring (bicyclic) bond motifs is 1. The third-order valence-electron chi connectivity index (χ3n) is 6.17. The summed E-state index contributed by atoms with van der Waals surface area (Å²) in [6, 6.07) is 12.8. The number of imide groups is 1. The summed E-state index contributed by atoms with van der Waals surface area (Å²) in [4.78, 5) is 53.5. The number of aromatic nitrogens is 1. The van der Waals surface area contributed by atoms with E-state index in [-0.39, 0.29) is 17.4 Å². The van der Waals surface area contributed by atoms with Gasteiger partial charge in [0, 0.05) is 41.4 Å². The van der Waals surface area contributed by atoms with Crippen molar-refractivity contribution in [3.63, 3.8) is 0 Å². The number of benzene rings is 2. The van der Waals surface area contributed by atoms with E-state index in [1.165, 1.54) is 24.3 Å². The number of thioether (sulfide) groups is 1. The maximum absolute atomic E-state index is 13.1. The van der Waals surface area contributed by atoms with Crippen LogP contribution in [0.2, 0.25) is 0 Å². The first-order valence-corrected chi connectivity index (χ1v) is 12.4. The van der Waals surface area contributed by atoms with E-state index in [4.69, 9.17) is 0 Å². The molecule has 3 aromatic rings. The second kappa shape index (κ2) is 9.98. The quantitative estimate of drug-likeness (QED) is 0.509. The average Bonchev–Trinajstić information content (AvgIpc) is 3.58. The lowest BCUT2D eigenvalue weighted by molar-refractivity contribution is -0.130. The molecule has 0 unspecified atom stereocenters. The summed E-state index contributed by atoms with van der Waals surface area (Å²) < 4.78 is 14.9. The zero-order valence-corrected chi connectivity index (χ0v) is 20.1. The van der Waals surface area contributed by atoms with Gasteiger partial charge in [0.25, 0.3) is 11.1 Å². The lowest BCUT2D eigenvalue weighted by atomic mass is 10.1. The van der Waals surface area contributed by atoms with Gasteiger partial charge < -0.3 is 14.8 Å². The van der Waals surface area contributed by atoms with Crippen LogP contribution in [0.25, 0.3) is 17.0 Å². The third-order valence-corrected chi connectivity index (χ3v) is 7.08. The van der Waals surface area contributed by atoms with Gasteiger partial charge in [-0.1, -0.05) is 18.2 Å². The number of halogens is 1. The molecule has 36 heavy (non-hydrogen) atoms. The number of carbonyl (C=O) groups excluding carboxylic acids is 4. The number of rotatable bonds is 6. The Morgan fingerprint density at radius 1 is 1.00 bits per heavy atom. The highest BCUT2D eigenvalue weighted by Gasteiger charge is 2.36. The molecule has 0 atom stereocenters. The van der Waals surface area contributed by atoms with Crippen molar-refractivity contribution in [3.05, 3.63) is 71.0 Å². The molecule has 0 bridgehead atoms. The average molecular weight is 507 g/mol. The highest BCUT2D eigenvalue weighted by atomic mass is 32.2. The first kappa shape index (κ1) is 23.8. The molecule has 3 heterocycles.